The van der Waals surface area contributed by atoms with E-state index in [-0.39, 0.29) is 12.2 Å². The van der Waals surface area contributed by atoms with Gasteiger partial charge in [-0.1, -0.05) is 13.0 Å². The van der Waals surface area contributed by atoms with Crippen LogP contribution in [-0.4, -0.2) is 40.4 Å². The summed E-state index contributed by atoms with van der Waals surface area (Å²) in [6.07, 6.45) is 0.881. The van der Waals surface area contributed by atoms with Gasteiger partial charge in [-0.15, -0.1) is 5.10 Å². The predicted octanol–water partition coefficient (Wildman–Crippen LogP) is 1.46. The van der Waals surface area contributed by atoms with Crippen LogP contribution in [0.5, 0.6) is 11.5 Å². The molecule has 1 heterocycles. The Morgan fingerprint density at radius 1 is 1.23 bits per heavy atom. The molecule has 0 aliphatic carbocycles. The van der Waals surface area contributed by atoms with Crippen LogP contribution in [0.3, 0.4) is 0 Å². The van der Waals surface area contributed by atoms with Gasteiger partial charge in [0, 0.05) is 6.54 Å². The Balaban J connectivity index is 2.14. The summed E-state index contributed by atoms with van der Waals surface area (Å²) in [6, 6.07) is 5.07. The summed E-state index contributed by atoms with van der Waals surface area (Å²) in [6.45, 7) is 2.65. The second-order valence-corrected chi connectivity index (χ2v) is 4.43. The second-order valence-electron chi connectivity index (χ2n) is 4.43. The predicted molar refractivity (Wildman–Crippen MR) is 76.8 cm³/mol. The first-order valence-electron chi connectivity index (χ1n) is 6.84. The van der Waals surface area contributed by atoms with E-state index >= 15 is 0 Å². The molecular formula is C14H18N4O4. The molecule has 0 fully saturated rings. The standard InChI is InChI=1S/C14H18N4O4/c1-4-8-18-12(15-16-17-18)9-22-14(19)13-10(20-2)6-5-7-11(13)21-3/h5-7H,4,8-9H2,1-3H3. The van der Waals surface area contributed by atoms with Crippen molar-refractivity contribution in [2.24, 2.45) is 0 Å². The van der Waals surface area contributed by atoms with E-state index in [1.165, 1.54) is 14.2 Å². The summed E-state index contributed by atoms with van der Waals surface area (Å²) in [4.78, 5) is 12.3. The third-order valence-corrected chi connectivity index (χ3v) is 3.01. The highest BCUT2D eigenvalue weighted by atomic mass is 16.5. The maximum Gasteiger partial charge on any atom is 0.346 e. The van der Waals surface area contributed by atoms with E-state index < -0.39 is 5.97 Å². The number of aromatic nitrogens is 4. The quantitative estimate of drug-likeness (QED) is 0.715. The van der Waals surface area contributed by atoms with Crippen molar-refractivity contribution >= 4 is 5.97 Å². The van der Waals surface area contributed by atoms with Crippen molar-refractivity contribution in [3.8, 4) is 11.5 Å². The molecule has 0 aliphatic heterocycles. The Morgan fingerprint density at radius 2 is 1.91 bits per heavy atom. The summed E-state index contributed by atoms with van der Waals surface area (Å²) in [5.74, 6) is 0.708. The maximum atomic E-state index is 12.3. The highest BCUT2D eigenvalue weighted by Crippen LogP contribution is 2.29. The number of methoxy groups -OCH3 is 2. The molecule has 0 bridgehead atoms. The Morgan fingerprint density at radius 3 is 2.50 bits per heavy atom. The third kappa shape index (κ3) is 3.33. The first-order valence-corrected chi connectivity index (χ1v) is 6.84. The van der Waals surface area contributed by atoms with Crippen LogP contribution in [0, 0.1) is 0 Å². The molecular weight excluding hydrogens is 288 g/mol. The van der Waals surface area contributed by atoms with Gasteiger partial charge in [-0.2, -0.15) is 0 Å². The number of ether oxygens (including phenoxy) is 3. The van der Waals surface area contributed by atoms with E-state index in [4.69, 9.17) is 14.2 Å². The van der Waals surface area contributed by atoms with Crippen molar-refractivity contribution in [3.63, 3.8) is 0 Å². The van der Waals surface area contributed by atoms with Crippen LogP contribution in [0.4, 0.5) is 0 Å². The van der Waals surface area contributed by atoms with Crippen molar-refractivity contribution in [2.75, 3.05) is 14.2 Å². The molecule has 0 saturated carbocycles. The molecule has 0 radical (unpaired) electrons. The van der Waals surface area contributed by atoms with Gasteiger partial charge < -0.3 is 14.2 Å². The molecule has 1 aromatic heterocycles. The molecule has 1 aromatic carbocycles. The fourth-order valence-electron chi connectivity index (χ4n) is 1.97. The Labute approximate surface area is 128 Å². The zero-order valence-electron chi connectivity index (χ0n) is 12.8. The van der Waals surface area contributed by atoms with E-state index in [1.807, 2.05) is 6.92 Å². The number of benzene rings is 1. The molecule has 0 atom stereocenters. The SMILES string of the molecule is CCCn1nnnc1COC(=O)c1c(OC)cccc1OC. The molecule has 8 nitrogen and oxygen atoms in total. The lowest BCUT2D eigenvalue weighted by atomic mass is 10.2. The Bertz CT molecular complexity index is 619. The number of aryl methyl sites for hydroxylation is 1. The van der Waals surface area contributed by atoms with Crippen LogP contribution in [0.1, 0.15) is 29.5 Å². The minimum atomic E-state index is -0.555. The van der Waals surface area contributed by atoms with E-state index in [1.54, 1.807) is 22.9 Å². The van der Waals surface area contributed by atoms with Crippen LogP contribution in [-0.2, 0) is 17.9 Å². The minimum absolute atomic E-state index is 0.0208. The summed E-state index contributed by atoms with van der Waals surface area (Å²) < 4.78 is 17.2. The van der Waals surface area contributed by atoms with E-state index in [0.717, 1.165) is 6.42 Å². The van der Waals surface area contributed by atoms with Gasteiger partial charge in [-0.3, -0.25) is 0 Å². The van der Waals surface area contributed by atoms with Crippen LogP contribution in [0.25, 0.3) is 0 Å². The van der Waals surface area contributed by atoms with Crippen LogP contribution in [0.15, 0.2) is 18.2 Å². The lowest BCUT2D eigenvalue weighted by Gasteiger charge is -2.12. The Kier molecular flexibility index (Phi) is 5.29. The van der Waals surface area contributed by atoms with E-state index in [2.05, 4.69) is 15.5 Å². The first-order chi connectivity index (χ1) is 10.7. The molecule has 0 saturated heterocycles. The van der Waals surface area contributed by atoms with Crippen LogP contribution >= 0.6 is 0 Å². The normalized spacial score (nSPS) is 10.3. The van der Waals surface area contributed by atoms with E-state index in [0.29, 0.717) is 23.9 Å². The van der Waals surface area contributed by atoms with Gasteiger partial charge in [0.05, 0.1) is 14.2 Å². The lowest BCUT2D eigenvalue weighted by Crippen LogP contribution is -2.12. The van der Waals surface area contributed by atoms with Gasteiger partial charge in [0.1, 0.15) is 17.1 Å². The van der Waals surface area contributed by atoms with Gasteiger partial charge in [0.2, 0.25) is 0 Å². The lowest BCUT2D eigenvalue weighted by molar-refractivity contribution is 0.0449. The average Bonchev–Trinajstić information content (AvgIpc) is 2.99. The summed E-state index contributed by atoms with van der Waals surface area (Å²) in [7, 11) is 2.96. The largest absolute Gasteiger partial charge is 0.496 e. The molecule has 8 heteroatoms. The van der Waals surface area contributed by atoms with Crippen molar-refractivity contribution in [2.45, 2.75) is 26.5 Å². The highest BCUT2D eigenvalue weighted by molar-refractivity contribution is 5.95. The number of esters is 1. The van der Waals surface area contributed by atoms with Crippen LogP contribution in [0.2, 0.25) is 0 Å². The Hall–Kier alpha value is -2.64. The number of carbonyl (C=O) groups excluding carboxylic acids is 1. The molecule has 0 unspecified atom stereocenters. The minimum Gasteiger partial charge on any atom is -0.496 e. The van der Waals surface area contributed by atoms with Crippen molar-refractivity contribution in [3.05, 3.63) is 29.6 Å². The number of hydrogen-bond donors (Lipinski definition) is 0. The summed E-state index contributed by atoms with van der Waals surface area (Å²) in [5, 5.41) is 11.3. The van der Waals surface area contributed by atoms with Gasteiger partial charge in [0.15, 0.2) is 12.4 Å². The fourth-order valence-corrected chi connectivity index (χ4v) is 1.97. The average molecular weight is 306 g/mol. The number of carbonyl (C=O) groups is 1. The van der Waals surface area contributed by atoms with Gasteiger partial charge in [-0.25, -0.2) is 9.48 Å². The molecule has 0 amide bonds. The van der Waals surface area contributed by atoms with Crippen molar-refractivity contribution in [1.82, 2.24) is 20.2 Å². The molecule has 0 spiro atoms. The molecule has 0 N–H and O–H groups in total. The second kappa shape index (κ2) is 7.39. The summed E-state index contributed by atoms with van der Waals surface area (Å²) >= 11 is 0. The van der Waals surface area contributed by atoms with E-state index in [9.17, 15) is 4.79 Å². The smallest absolute Gasteiger partial charge is 0.346 e. The maximum absolute atomic E-state index is 12.3. The highest BCUT2D eigenvalue weighted by Gasteiger charge is 2.20. The number of nitrogens with zero attached hydrogens (tertiary/aromatic N) is 4. The molecule has 2 rings (SSSR count). The summed E-state index contributed by atoms with van der Waals surface area (Å²) in [5.41, 5.74) is 0.238. The number of tetrazole rings is 1. The number of hydrogen-bond acceptors (Lipinski definition) is 7. The van der Waals surface area contributed by atoms with Crippen molar-refractivity contribution < 1.29 is 19.0 Å². The fraction of sp³-hybridized carbons (Fsp3) is 0.429. The van der Waals surface area contributed by atoms with Gasteiger partial charge in [-0.05, 0) is 29.0 Å². The third-order valence-electron chi connectivity index (χ3n) is 3.01. The zero-order valence-corrected chi connectivity index (χ0v) is 12.8. The van der Waals surface area contributed by atoms with Gasteiger partial charge >= 0.3 is 5.97 Å². The topological polar surface area (TPSA) is 88.4 Å². The molecule has 22 heavy (non-hydrogen) atoms. The van der Waals surface area contributed by atoms with Crippen molar-refractivity contribution in [1.29, 1.82) is 0 Å². The first kappa shape index (κ1) is 15.7. The zero-order chi connectivity index (χ0) is 15.9. The molecule has 0 aliphatic rings. The molecule has 2 aromatic rings. The van der Waals surface area contributed by atoms with Crippen LogP contribution < -0.4 is 9.47 Å². The monoisotopic (exact) mass is 306 g/mol. The number of rotatable bonds is 7. The van der Waals surface area contributed by atoms with Gasteiger partial charge in [0.25, 0.3) is 0 Å². The molecule has 118 valence electrons.